The number of halogens is 2. The van der Waals surface area contributed by atoms with Crippen LogP contribution in [0.3, 0.4) is 0 Å². The standard InChI is InChI=1S/C10H14ClNO.ClH/c11-9-5-1-2-6-10(9)13-8-4-3-7-12;/h1-2,5-6H,3-4,7-8,12H2;1H. The van der Waals surface area contributed by atoms with Crippen molar-refractivity contribution in [1.29, 1.82) is 0 Å². The molecule has 2 nitrogen and oxygen atoms in total. The molecule has 0 atom stereocenters. The van der Waals surface area contributed by atoms with Crippen LogP contribution in [0.1, 0.15) is 12.8 Å². The van der Waals surface area contributed by atoms with E-state index in [-0.39, 0.29) is 12.4 Å². The van der Waals surface area contributed by atoms with Gasteiger partial charge in [0, 0.05) is 0 Å². The predicted octanol–water partition coefficient (Wildman–Crippen LogP) is 2.88. The van der Waals surface area contributed by atoms with Crippen molar-refractivity contribution in [3.05, 3.63) is 29.3 Å². The van der Waals surface area contributed by atoms with E-state index in [0.29, 0.717) is 18.2 Å². The monoisotopic (exact) mass is 235 g/mol. The molecular formula is C10H15Cl2NO. The van der Waals surface area contributed by atoms with E-state index in [1.54, 1.807) is 0 Å². The minimum absolute atomic E-state index is 0. The maximum Gasteiger partial charge on any atom is 0.137 e. The fourth-order valence-corrected chi connectivity index (χ4v) is 1.18. The Morgan fingerprint density at radius 3 is 2.57 bits per heavy atom. The number of nitrogens with two attached hydrogens (primary N) is 1. The molecule has 0 heterocycles. The second kappa shape index (κ2) is 7.92. The Bertz CT molecular complexity index is 256. The summed E-state index contributed by atoms with van der Waals surface area (Å²) in [5.74, 6) is 0.751. The first kappa shape index (κ1) is 13.6. The Kier molecular flexibility index (Phi) is 7.67. The van der Waals surface area contributed by atoms with Gasteiger partial charge in [-0.2, -0.15) is 0 Å². The Balaban J connectivity index is 0.00000169. The van der Waals surface area contributed by atoms with Crippen molar-refractivity contribution in [1.82, 2.24) is 0 Å². The lowest BCUT2D eigenvalue weighted by Gasteiger charge is -2.06. The highest BCUT2D eigenvalue weighted by molar-refractivity contribution is 6.32. The summed E-state index contributed by atoms with van der Waals surface area (Å²) in [6.45, 7) is 1.40. The van der Waals surface area contributed by atoms with Gasteiger partial charge in [-0.1, -0.05) is 23.7 Å². The van der Waals surface area contributed by atoms with Crippen LogP contribution in [-0.2, 0) is 0 Å². The van der Waals surface area contributed by atoms with Crippen molar-refractivity contribution in [2.24, 2.45) is 5.73 Å². The zero-order chi connectivity index (χ0) is 9.52. The summed E-state index contributed by atoms with van der Waals surface area (Å²) in [5.41, 5.74) is 5.36. The molecule has 0 amide bonds. The predicted molar refractivity (Wildman–Crippen MR) is 62.5 cm³/mol. The molecule has 0 radical (unpaired) electrons. The van der Waals surface area contributed by atoms with Crippen LogP contribution in [0.5, 0.6) is 5.75 Å². The maximum absolute atomic E-state index is 5.89. The highest BCUT2D eigenvalue weighted by atomic mass is 35.5. The first-order valence-corrected chi connectivity index (χ1v) is 4.80. The van der Waals surface area contributed by atoms with Crippen molar-refractivity contribution in [3.63, 3.8) is 0 Å². The molecule has 0 unspecified atom stereocenters. The lowest BCUT2D eigenvalue weighted by molar-refractivity contribution is 0.308. The van der Waals surface area contributed by atoms with Gasteiger partial charge in [0.2, 0.25) is 0 Å². The van der Waals surface area contributed by atoms with Gasteiger partial charge in [-0.25, -0.2) is 0 Å². The molecule has 1 aromatic carbocycles. The molecule has 14 heavy (non-hydrogen) atoms. The lowest BCUT2D eigenvalue weighted by atomic mass is 10.3. The first-order chi connectivity index (χ1) is 6.34. The average Bonchev–Trinajstić information content (AvgIpc) is 2.15. The average molecular weight is 236 g/mol. The highest BCUT2D eigenvalue weighted by Crippen LogP contribution is 2.23. The van der Waals surface area contributed by atoms with Gasteiger partial charge in [-0.3, -0.25) is 0 Å². The largest absolute Gasteiger partial charge is 0.492 e. The van der Waals surface area contributed by atoms with E-state index in [2.05, 4.69) is 0 Å². The van der Waals surface area contributed by atoms with E-state index in [1.807, 2.05) is 24.3 Å². The van der Waals surface area contributed by atoms with Gasteiger partial charge >= 0.3 is 0 Å². The van der Waals surface area contributed by atoms with Gasteiger partial charge in [0.1, 0.15) is 5.75 Å². The molecule has 0 aliphatic heterocycles. The Morgan fingerprint density at radius 1 is 1.21 bits per heavy atom. The molecule has 0 saturated heterocycles. The summed E-state index contributed by atoms with van der Waals surface area (Å²) in [4.78, 5) is 0. The van der Waals surface area contributed by atoms with Crippen molar-refractivity contribution < 1.29 is 4.74 Å². The third-order valence-corrected chi connectivity index (χ3v) is 2.00. The Hall–Kier alpha value is -0.440. The van der Waals surface area contributed by atoms with Crippen LogP contribution >= 0.6 is 24.0 Å². The summed E-state index contributed by atoms with van der Waals surface area (Å²) in [6, 6.07) is 7.48. The molecule has 0 aromatic heterocycles. The molecule has 4 heteroatoms. The SMILES string of the molecule is Cl.NCCCCOc1ccccc1Cl. The lowest BCUT2D eigenvalue weighted by Crippen LogP contribution is -2.03. The van der Waals surface area contributed by atoms with Crippen LogP contribution in [0.2, 0.25) is 5.02 Å². The van der Waals surface area contributed by atoms with Crippen LogP contribution in [0.4, 0.5) is 0 Å². The van der Waals surface area contributed by atoms with E-state index in [0.717, 1.165) is 18.6 Å². The number of rotatable bonds is 5. The third-order valence-electron chi connectivity index (χ3n) is 1.69. The first-order valence-electron chi connectivity index (χ1n) is 4.42. The number of unbranched alkanes of at least 4 members (excludes halogenated alkanes) is 1. The molecule has 1 rings (SSSR count). The fourth-order valence-electron chi connectivity index (χ4n) is 0.990. The third kappa shape index (κ3) is 4.70. The summed E-state index contributed by atoms with van der Waals surface area (Å²) >= 11 is 5.89. The number of ether oxygens (including phenoxy) is 1. The van der Waals surface area contributed by atoms with Crippen LogP contribution < -0.4 is 10.5 Å². The zero-order valence-corrected chi connectivity index (χ0v) is 9.48. The maximum atomic E-state index is 5.89. The minimum Gasteiger partial charge on any atom is -0.492 e. The number of para-hydroxylation sites is 1. The van der Waals surface area contributed by atoms with Crippen LogP contribution in [0, 0.1) is 0 Å². The van der Waals surface area contributed by atoms with Gasteiger partial charge in [0.25, 0.3) is 0 Å². The molecule has 80 valence electrons. The van der Waals surface area contributed by atoms with Crippen LogP contribution in [-0.4, -0.2) is 13.2 Å². The summed E-state index contributed by atoms with van der Waals surface area (Å²) in [7, 11) is 0. The second-order valence-electron chi connectivity index (χ2n) is 2.77. The van der Waals surface area contributed by atoms with Crippen molar-refractivity contribution in [2.75, 3.05) is 13.2 Å². The molecule has 0 aliphatic carbocycles. The van der Waals surface area contributed by atoms with Gasteiger partial charge in [-0.15, -0.1) is 12.4 Å². The molecule has 1 aromatic rings. The van der Waals surface area contributed by atoms with Gasteiger partial charge in [-0.05, 0) is 31.5 Å². The number of hydrogen-bond donors (Lipinski definition) is 1. The smallest absolute Gasteiger partial charge is 0.137 e. The van der Waals surface area contributed by atoms with E-state index in [4.69, 9.17) is 22.1 Å². The Morgan fingerprint density at radius 2 is 1.93 bits per heavy atom. The van der Waals surface area contributed by atoms with Crippen LogP contribution in [0.25, 0.3) is 0 Å². The molecule has 0 bridgehead atoms. The second-order valence-corrected chi connectivity index (χ2v) is 3.18. The quantitative estimate of drug-likeness (QED) is 0.798. The molecule has 0 saturated carbocycles. The molecule has 0 aliphatic rings. The van der Waals surface area contributed by atoms with Gasteiger partial charge in [0.05, 0.1) is 11.6 Å². The van der Waals surface area contributed by atoms with E-state index >= 15 is 0 Å². The van der Waals surface area contributed by atoms with Crippen molar-refractivity contribution >= 4 is 24.0 Å². The van der Waals surface area contributed by atoms with Crippen LogP contribution in [0.15, 0.2) is 24.3 Å². The summed E-state index contributed by atoms with van der Waals surface area (Å²) < 4.78 is 5.45. The summed E-state index contributed by atoms with van der Waals surface area (Å²) in [6.07, 6.45) is 1.96. The van der Waals surface area contributed by atoms with Gasteiger partial charge in [0.15, 0.2) is 0 Å². The molecular weight excluding hydrogens is 221 g/mol. The normalized spacial score (nSPS) is 9.29. The van der Waals surface area contributed by atoms with Crippen molar-refractivity contribution in [2.45, 2.75) is 12.8 Å². The number of hydrogen-bond acceptors (Lipinski definition) is 2. The zero-order valence-electron chi connectivity index (χ0n) is 7.91. The van der Waals surface area contributed by atoms with Gasteiger partial charge < -0.3 is 10.5 Å². The molecule has 0 spiro atoms. The molecule has 0 fully saturated rings. The van der Waals surface area contributed by atoms with E-state index in [1.165, 1.54) is 0 Å². The van der Waals surface area contributed by atoms with E-state index < -0.39 is 0 Å². The Labute approximate surface area is 95.8 Å². The minimum atomic E-state index is 0. The highest BCUT2D eigenvalue weighted by Gasteiger charge is 1.97. The summed E-state index contributed by atoms with van der Waals surface area (Å²) in [5, 5.41) is 0.662. The topological polar surface area (TPSA) is 35.2 Å². The number of benzene rings is 1. The molecule has 2 N–H and O–H groups in total. The van der Waals surface area contributed by atoms with E-state index in [9.17, 15) is 0 Å². The van der Waals surface area contributed by atoms with Crippen molar-refractivity contribution in [3.8, 4) is 5.75 Å². The fraction of sp³-hybridized carbons (Fsp3) is 0.400.